The molecule has 0 radical (unpaired) electrons. The number of anilines is 3. The number of ether oxygens (including phenoxy) is 2. The van der Waals surface area contributed by atoms with E-state index >= 15 is 0 Å². The molecule has 3 heterocycles. The number of aromatic nitrogens is 3. The minimum absolute atomic E-state index is 0.122. The molecule has 0 atom stereocenters. The predicted octanol–water partition coefficient (Wildman–Crippen LogP) is 3.37. The quantitative estimate of drug-likeness (QED) is 0.327. The van der Waals surface area contributed by atoms with Crippen molar-refractivity contribution in [3.63, 3.8) is 0 Å². The van der Waals surface area contributed by atoms with Crippen LogP contribution in [-0.2, 0) is 4.74 Å². The standard InChI is InChI=1S/C26H26ClN7O4/c27-20-15-18(3-6-22(20)38-14-11-33-9-12-37-13-10-33)32-26(36)31-17-1-4-19(5-2-17)34-8-7-21(35)23-24(28)29-16-30-25(23)34/h1-8,15-16H,9-14H2,(H2,28,29,30)(H2,31,32,36). The number of carbonyl (C=O) groups is 1. The third-order valence-electron chi connectivity index (χ3n) is 6.07. The van der Waals surface area contributed by atoms with Crippen LogP contribution in [0, 0.1) is 0 Å². The van der Waals surface area contributed by atoms with E-state index in [4.69, 9.17) is 26.8 Å². The van der Waals surface area contributed by atoms with Crippen LogP contribution < -0.4 is 26.5 Å². The van der Waals surface area contributed by atoms with E-state index in [2.05, 4.69) is 25.5 Å². The van der Waals surface area contributed by atoms with Crippen molar-refractivity contribution in [1.82, 2.24) is 19.4 Å². The average Bonchev–Trinajstić information content (AvgIpc) is 2.91. The number of rotatable bonds is 7. The van der Waals surface area contributed by atoms with Crippen molar-refractivity contribution in [2.24, 2.45) is 0 Å². The highest BCUT2D eigenvalue weighted by Gasteiger charge is 2.12. The molecule has 0 aliphatic carbocycles. The molecule has 2 aromatic heterocycles. The lowest BCUT2D eigenvalue weighted by Gasteiger charge is -2.26. The predicted molar refractivity (Wildman–Crippen MR) is 146 cm³/mol. The SMILES string of the molecule is Nc1ncnc2c1c(=O)ccn2-c1ccc(NC(=O)Nc2ccc(OCCN3CCOCC3)c(Cl)c2)cc1. The first kappa shape index (κ1) is 25.5. The van der Waals surface area contributed by atoms with Gasteiger partial charge in [0, 0.05) is 49.0 Å². The molecule has 1 aliphatic heterocycles. The van der Waals surface area contributed by atoms with Gasteiger partial charge in [-0.2, -0.15) is 0 Å². The van der Waals surface area contributed by atoms with Gasteiger partial charge < -0.3 is 30.4 Å². The van der Waals surface area contributed by atoms with E-state index in [1.165, 1.54) is 12.4 Å². The van der Waals surface area contributed by atoms with Gasteiger partial charge in [0.1, 0.15) is 29.9 Å². The van der Waals surface area contributed by atoms with Crippen LogP contribution in [0.4, 0.5) is 22.0 Å². The first-order chi connectivity index (χ1) is 18.5. The highest BCUT2D eigenvalue weighted by molar-refractivity contribution is 6.32. The maximum atomic E-state index is 12.5. The number of morpholine rings is 1. The van der Waals surface area contributed by atoms with E-state index < -0.39 is 6.03 Å². The first-order valence-electron chi connectivity index (χ1n) is 12.0. The van der Waals surface area contributed by atoms with Crippen LogP contribution in [0.2, 0.25) is 5.02 Å². The van der Waals surface area contributed by atoms with E-state index in [0.29, 0.717) is 34.4 Å². The highest BCUT2D eigenvalue weighted by Crippen LogP contribution is 2.28. The molecule has 0 unspecified atom stereocenters. The third kappa shape index (κ3) is 5.86. The van der Waals surface area contributed by atoms with E-state index in [1.54, 1.807) is 53.2 Å². The monoisotopic (exact) mass is 535 g/mol. The zero-order valence-corrected chi connectivity index (χ0v) is 21.1. The fourth-order valence-electron chi connectivity index (χ4n) is 4.12. The third-order valence-corrected chi connectivity index (χ3v) is 6.36. The normalized spacial score (nSPS) is 13.8. The molecule has 0 saturated carbocycles. The lowest BCUT2D eigenvalue weighted by molar-refractivity contribution is 0.0322. The Hall–Kier alpha value is -4.19. The van der Waals surface area contributed by atoms with Gasteiger partial charge in [-0.25, -0.2) is 14.8 Å². The molecule has 0 spiro atoms. The Kier molecular flexibility index (Phi) is 7.68. The number of hydrogen-bond acceptors (Lipinski definition) is 8. The summed E-state index contributed by atoms with van der Waals surface area (Å²) in [6, 6.07) is 13.1. The number of nitrogens with one attached hydrogen (secondary N) is 2. The number of nitrogen functional groups attached to an aromatic ring is 1. The summed E-state index contributed by atoms with van der Waals surface area (Å²) in [6.45, 7) is 4.58. The number of carbonyl (C=O) groups excluding carboxylic acids is 1. The Bertz CT molecular complexity index is 1500. The van der Waals surface area contributed by atoms with Gasteiger partial charge in [-0.3, -0.25) is 9.69 Å². The minimum Gasteiger partial charge on any atom is -0.491 e. The van der Waals surface area contributed by atoms with Gasteiger partial charge in [0.2, 0.25) is 0 Å². The molecule has 2 aromatic carbocycles. The second kappa shape index (κ2) is 11.5. The fraction of sp³-hybridized carbons (Fsp3) is 0.231. The van der Waals surface area contributed by atoms with Crippen LogP contribution in [0.3, 0.4) is 0 Å². The lowest BCUT2D eigenvalue weighted by Crippen LogP contribution is -2.38. The van der Waals surface area contributed by atoms with Gasteiger partial charge in [0.25, 0.3) is 0 Å². The fourth-order valence-corrected chi connectivity index (χ4v) is 4.35. The number of pyridine rings is 1. The van der Waals surface area contributed by atoms with Crippen molar-refractivity contribution < 1.29 is 14.3 Å². The van der Waals surface area contributed by atoms with Crippen molar-refractivity contribution in [2.45, 2.75) is 0 Å². The van der Waals surface area contributed by atoms with Gasteiger partial charge in [-0.15, -0.1) is 0 Å². The Morgan fingerprint density at radius 1 is 1.05 bits per heavy atom. The largest absolute Gasteiger partial charge is 0.491 e. The van der Waals surface area contributed by atoms with Crippen molar-refractivity contribution in [3.05, 3.63) is 76.3 Å². The van der Waals surface area contributed by atoms with Crippen LogP contribution in [0.5, 0.6) is 5.75 Å². The van der Waals surface area contributed by atoms with Gasteiger partial charge in [-0.05, 0) is 42.5 Å². The number of nitrogens with two attached hydrogens (primary N) is 1. The molecule has 1 fully saturated rings. The number of fused-ring (bicyclic) bond motifs is 1. The summed E-state index contributed by atoms with van der Waals surface area (Å²) in [5, 5.41) is 6.21. The lowest BCUT2D eigenvalue weighted by atomic mass is 10.2. The number of hydrogen-bond donors (Lipinski definition) is 3. The zero-order valence-electron chi connectivity index (χ0n) is 20.4. The maximum absolute atomic E-state index is 12.5. The van der Waals surface area contributed by atoms with Crippen molar-refractivity contribution in [2.75, 3.05) is 55.8 Å². The summed E-state index contributed by atoms with van der Waals surface area (Å²) in [4.78, 5) is 35.1. The molecular formula is C26H26ClN7O4. The molecule has 196 valence electrons. The summed E-state index contributed by atoms with van der Waals surface area (Å²) in [7, 11) is 0. The molecular weight excluding hydrogens is 510 g/mol. The smallest absolute Gasteiger partial charge is 0.323 e. The number of nitrogens with zero attached hydrogens (tertiary/aromatic N) is 4. The molecule has 12 heteroatoms. The summed E-state index contributed by atoms with van der Waals surface area (Å²) in [6.07, 6.45) is 2.93. The second-order valence-corrected chi connectivity index (χ2v) is 8.99. The summed E-state index contributed by atoms with van der Waals surface area (Å²) >= 11 is 6.36. The average molecular weight is 536 g/mol. The minimum atomic E-state index is -0.427. The number of urea groups is 1. The molecule has 1 saturated heterocycles. The zero-order chi connectivity index (χ0) is 26.5. The second-order valence-electron chi connectivity index (χ2n) is 8.58. The summed E-state index contributed by atoms with van der Waals surface area (Å²) in [5.74, 6) is 0.681. The van der Waals surface area contributed by atoms with Crippen LogP contribution in [0.1, 0.15) is 0 Å². The molecule has 4 aromatic rings. The van der Waals surface area contributed by atoms with E-state index in [0.717, 1.165) is 38.5 Å². The highest BCUT2D eigenvalue weighted by atomic mass is 35.5. The van der Waals surface area contributed by atoms with Gasteiger partial charge in [0.05, 0.1) is 18.2 Å². The number of benzene rings is 2. The van der Waals surface area contributed by atoms with Gasteiger partial charge >= 0.3 is 6.03 Å². The molecule has 11 nitrogen and oxygen atoms in total. The Labute approximate surface area is 223 Å². The summed E-state index contributed by atoms with van der Waals surface area (Å²) < 4.78 is 12.9. The summed E-state index contributed by atoms with van der Waals surface area (Å²) in [5.41, 5.74) is 7.85. The first-order valence-corrected chi connectivity index (χ1v) is 12.4. The van der Waals surface area contributed by atoms with Crippen LogP contribution >= 0.6 is 11.6 Å². The van der Waals surface area contributed by atoms with Gasteiger partial charge in [-0.1, -0.05) is 11.6 Å². The van der Waals surface area contributed by atoms with Crippen molar-refractivity contribution in [1.29, 1.82) is 0 Å². The van der Waals surface area contributed by atoms with Crippen molar-refractivity contribution in [3.8, 4) is 11.4 Å². The van der Waals surface area contributed by atoms with E-state index in [9.17, 15) is 9.59 Å². The van der Waals surface area contributed by atoms with Gasteiger partial charge in [0.15, 0.2) is 11.1 Å². The van der Waals surface area contributed by atoms with Crippen molar-refractivity contribution >= 4 is 45.9 Å². The number of amides is 2. The molecule has 4 N–H and O–H groups in total. The molecule has 2 amide bonds. The molecule has 38 heavy (non-hydrogen) atoms. The van der Waals surface area contributed by atoms with E-state index in [1.807, 2.05) is 0 Å². The Morgan fingerprint density at radius 3 is 2.55 bits per heavy atom. The topological polar surface area (TPSA) is 137 Å². The molecule has 5 rings (SSSR count). The Balaban J connectivity index is 1.19. The Morgan fingerprint density at radius 2 is 1.79 bits per heavy atom. The van der Waals surface area contributed by atoms with Crippen LogP contribution in [0.25, 0.3) is 16.7 Å². The molecule has 1 aliphatic rings. The van der Waals surface area contributed by atoms with Crippen LogP contribution in [0.15, 0.2) is 65.8 Å². The van der Waals surface area contributed by atoms with E-state index in [-0.39, 0.29) is 16.6 Å². The molecule has 0 bridgehead atoms. The number of halogens is 1. The van der Waals surface area contributed by atoms with Crippen LogP contribution in [-0.4, -0.2) is 64.9 Å². The maximum Gasteiger partial charge on any atom is 0.323 e.